The fourth-order valence-corrected chi connectivity index (χ4v) is 4.23. The standard InChI is InChI=1S/C32H23N3/c1-22-11-13-26(14-12-22)31-33-30(25-8-3-2-4-9-25)34-32(35-31)27-18-15-24(16-19-27)29-20-17-23-7-5-6-10-28(23)21-29/h2-21H,1H3. The van der Waals surface area contributed by atoms with Crippen LogP contribution >= 0.6 is 0 Å². The van der Waals surface area contributed by atoms with Gasteiger partial charge >= 0.3 is 0 Å². The molecule has 6 aromatic rings. The molecule has 0 radical (unpaired) electrons. The molecule has 0 saturated carbocycles. The van der Waals surface area contributed by atoms with E-state index in [0.29, 0.717) is 17.5 Å². The second-order valence-corrected chi connectivity index (χ2v) is 8.68. The molecule has 0 unspecified atom stereocenters. The van der Waals surface area contributed by atoms with Crippen LogP contribution in [0.3, 0.4) is 0 Å². The Morgan fingerprint density at radius 3 is 1.46 bits per heavy atom. The molecule has 1 heterocycles. The van der Waals surface area contributed by atoms with Gasteiger partial charge in [-0.15, -0.1) is 0 Å². The van der Waals surface area contributed by atoms with Gasteiger partial charge in [0.15, 0.2) is 17.5 Å². The highest BCUT2D eigenvalue weighted by Crippen LogP contribution is 2.28. The van der Waals surface area contributed by atoms with Crippen molar-refractivity contribution in [2.75, 3.05) is 0 Å². The number of hydrogen-bond acceptors (Lipinski definition) is 3. The Kier molecular flexibility index (Phi) is 5.36. The fourth-order valence-electron chi connectivity index (χ4n) is 4.23. The van der Waals surface area contributed by atoms with Crippen molar-refractivity contribution in [1.82, 2.24) is 15.0 Å². The van der Waals surface area contributed by atoms with Crippen LogP contribution in [-0.2, 0) is 0 Å². The van der Waals surface area contributed by atoms with Gasteiger partial charge in [0, 0.05) is 16.7 Å². The molecule has 3 nitrogen and oxygen atoms in total. The molecule has 0 aliphatic heterocycles. The average Bonchev–Trinajstić information content (AvgIpc) is 2.93. The maximum absolute atomic E-state index is 4.85. The van der Waals surface area contributed by atoms with Gasteiger partial charge in [-0.25, -0.2) is 15.0 Å². The zero-order valence-corrected chi connectivity index (χ0v) is 19.4. The van der Waals surface area contributed by atoms with E-state index in [4.69, 9.17) is 15.0 Å². The van der Waals surface area contributed by atoms with Gasteiger partial charge in [0.05, 0.1) is 0 Å². The lowest BCUT2D eigenvalue weighted by atomic mass is 10.00. The summed E-state index contributed by atoms with van der Waals surface area (Å²) in [5, 5.41) is 2.48. The summed E-state index contributed by atoms with van der Waals surface area (Å²) in [5.74, 6) is 2.01. The Hall–Kier alpha value is -4.63. The van der Waals surface area contributed by atoms with E-state index in [9.17, 15) is 0 Å². The summed E-state index contributed by atoms with van der Waals surface area (Å²) in [6.07, 6.45) is 0. The van der Waals surface area contributed by atoms with E-state index >= 15 is 0 Å². The van der Waals surface area contributed by atoms with Crippen LogP contribution in [0.1, 0.15) is 5.56 Å². The largest absolute Gasteiger partial charge is 0.208 e. The van der Waals surface area contributed by atoms with Crippen LogP contribution < -0.4 is 0 Å². The first-order valence-corrected chi connectivity index (χ1v) is 11.7. The predicted octanol–water partition coefficient (Wildman–Crippen LogP) is 8.00. The van der Waals surface area contributed by atoms with Crippen molar-refractivity contribution in [3.63, 3.8) is 0 Å². The summed E-state index contributed by atoms with van der Waals surface area (Å²) in [5.41, 5.74) is 6.46. The maximum atomic E-state index is 4.85. The Bertz CT molecular complexity index is 1620. The van der Waals surface area contributed by atoms with Crippen molar-refractivity contribution in [1.29, 1.82) is 0 Å². The van der Waals surface area contributed by atoms with Gasteiger partial charge in [-0.05, 0) is 34.9 Å². The molecule has 35 heavy (non-hydrogen) atoms. The van der Waals surface area contributed by atoms with Crippen LogP contribution in [0.15, 0.2) is 121 Å². The number of aryl methyl sites for hydroxylation is 1. The number of rotatable bonds is 4. The van der Waals surface area contributed by atoms with Gasteiger partial charge in [0.1, 0.15) is 0 Å². The normalized spacial score (nSPS) is 11.0. The first-order valence-electron chi connectivity index (χ1n) is 11.7. The van der Waals surface area contributed by atoms with Crippen LogP contribution in [0.2, 0.25) is 0 Å². The molecule has 0 amide bonds. The molecular formula is C32H23N3. The molecule has 0 saturated heterocycles. The Balaban J connectivity index is 1.42. The van der Waals surface area contributed by atoms with Crippen LogP contribution in [0.4, 0.5) is 0 Å². The number of hydrogen-bond donors (Lipinski definition) is 0. The second-order valence-electron chi connectivity index (χ2n) is 8.68. The van der Waals surface area contributed by atoms with E-state index in [0.717, 1.165) is 22.3 Å². The number of aromatic nitrogens is 3. The quantitative estimate of drug-likeness (QED) is 0.274. The van der Waals surface area contributed by atoms with Gasteiger partial charge in [-0.1, -0.05) is 121 Å². The van der Waals surface area contributed by atoms with Gasteiger partial charge in [-0.3, -0.25) is 0 Å². The van der Waals surface area contributed by atoms with Crippen molar-refractivity contribution in [2.24, 2.45) is 0 Å². The first-order chi connectivity index (χ1) is 17.2. The highest BCUT2D eigenvalue weighted by molar-refractivity contribution is 5.87. The van der Waals surface area contributed by atoms with Crippen LogP contribution in [0.25, 0.3) is 56.1 Å². The molecule has 0 bridgehead atoms. The lowest BCUT2D eigenvalue weighted by Gasteiger charge is -2.09. The van der Waals surface area contributed by atoms with Gasteiger partial charge in [-0.2, -0.15) is 0 Å². The zero-order valence-electron chi connectivity index (χ0n) is 19.4. The summed E-state index contributed by atoms with van der Waals surface area (Å²) in [4.78, 5) is 14.5. The van der Waals surface area contributed by atoms with E-state index in [1.165, 1.54) is 21.9 Å². The summed E-state index contributed by atoms with van der Waals surface area (Å²) in [6.45, 7) is 2.08. The van der Waals surface area contributed by atoms with Crippen molar-refractivity contribution < 1.29 is 0 Å². The van der Waals surface area contributed by atoms with Crippen LogP contribution in [0.5, 0.6) is 0 Å². The van der Waals surface area contributed by atoms with E-state index in [1.54, 1.807) is 0 Å². The number of nitrogens with zero attached hydrogens (tertiary/aromatic N) is 3. The lowest BCUT2D eigenvalue weighted by molar-refractivity contribution is 1.07. The van der Waals surface area contributed by atoms with E-state index in [2.05, 4.69) is 97.9 Å². The molecule has 0 atom stereocenters. The molecule has 0 spiro atoms. The number of benzene rings is 5. The fraction of sp³-hybridized carbons (Fsp3) is 0.0312. The molecule has 1 aromatic heterocycles. The topological polar surface area (TPSA) is 38.7 Å². The highest BCUT2D eigenvalue weighted by atomic mass is 15.0. The smallest absolute Gasteiger partial charge is 0.164 e. The molecular weight excluding hydrogens is 426 g/mol. The van der Waals surface area contributed by atoms with Crippen LogP contribution in [-0.4, -0.2) is 15.0 Å². The zero-order chi connectivity index (χ0) is 23.6. The Morgan fingerprint density at radius 1 is 0.371 bits per heavy atom. The highest BCUT2D eigenvalue weighted by Gasteiger charge is 2.12. The third-order valence-corrected chi connectivity index (χ3v) is 6.20. The molecule has 5 aromatic carbocycles. The maximum Gasteiger partial charge on any atom is 0.164 e. The summed E-state index contributed by atoms with van der Waals surface area (Å²) in [7, 11) is 0. The van der Waals surface area contributed by atoms with Crippen molar-refractivity contribution in [3.8, 4) is 45.3 Å². The van der Waals surface area contributed by atoms with Crippen molar-refractivity contribution in [2.45, 2.75) is 6.92 Å². The van der Waals surface area contributed by atoms with Crippen LogP contribution in [0, 0.1) is 6.92 Å². The number of fused-ring (bicyclic) bond motifs is 1. The molecule has 0 aliphatic carbocycles. The summed E-state index contributed by atoms with van der Waals surface area (Å²) < 4.78 is 0. The van der Waals surface area contributed by atoms with E-state index in [1.807, 2.05) is 30.3 Å². The minimum atomic E-state index is 0.666. The van der Waals surface area contributed by atoms with Crippen molar-refractivity contribution in [3.05, 3.63) is 127 Å². The third-order valence-electron chi connectivity index (χ3n) is 6.20. The minimum Gasteiger partial charge on any atom is -0.208 e. The summed E-state index contributed by atoms with van der Waals surface area (Å²) >= 11 is 0. The second kappa shape index (κ2) is 8.96. The van der Waals surface area contributed by atoms with Gasteiger partial charge in [0.25, 0.3) is 0 Å². The Morgan fingerprint density at radius 2 is 0.829 bits per heavy atom. The van der Waals surface area contributed by atoms with E-state index < -0.39 is 0 Å². The minimum absolute atomic E-state index is 0.666. The molecule has 0 fully saturated rings. The van der Waals surface area contributed by atoms with Gasteiger partial charge in [0.2, 0.25) is 0 Å². The van der Waals surface area contributed by atoms with Crippen molar-refractivity contribution >= 4 is 10.8 Å². The summed E-state index contributed by atoms with van der Waals surface area (Å²) in [6, 6.07) is 41.8. The Labute approximate surface area is 204 Å². The third kappa shape index (κ3) is 4.32. The first kappa shape index (κ1) is 20.9. The monoisotopic (exact) mass is 449 g/mol. The predicted molar refractivity (Wildman–Crippen MR) is 144 cm³/mol. The average molecular weight is 450 g/mol. The van der Waals surface area contributed by atoms with E-state index in [-0.39, 0.29) is 0 Å². The molecule has 166 valence electrons. The molecule has 6 rings (SSSR count). The molecule has 3 heteroatoms. The molecule has 0 aliphatic rings. The molecule has 0 N–H and O–H groups in total. The lowest BCUT2D eigenvalue weighted by Crippen LogP contribution is -2.00. The SMILES string of the molecule is Cc1ccc(-c2nc(-c3ccccc3)nc(-c3ccc(-c4ccc5ccccc5c4)cc3)n2)cc1. The van der Waals surface area contributed by atoms with Gasteiger partial charge < -0.3 is 0 Å².